The van der Waals surface area contributed by atoms with Crippen molar-refractivity contribution in [1.29, 1.82) is 0 Å². The van der Waals surface area contributed by atoms with Crippen LogP contribution in [0.1, 0.15) is 33.9 Å². The number of amides is 1. The van der Waals surface area contributed by atoms with Crippen LogP contribution >= 0.6 is 0 Å². The number of hydrogen-bond acceptors (Lipinski definition) is 5. The number of benzene rings is 5. The lowest BCUT2D eigenvalue weighted by Gasteiger charge is -2.37. The molecule has 0 bridgehead atoms. The van der Waals surface area contributed by atoms with E-state index >= 15 is 0 Å². The predicted molar refractivity (Wildman–Crippen MR) is 205 cm³/mol. The molecule has 5 aromatic carbocycles. The van der Waals surface area contributed by atoms with Crippen LogP contribution in [0.4, 0.5) is 14.5 Å². The molecule has 2 N–H and O–H groups in total. The Hall–Kier alpha value is -6.32. The van der Waals surface area contributed by atoms with Gasteiger partial charge in [-0.1, -0.05) is 121 Å². The minimum Gasteiger partial charge on any atom is -0.343 e. The Balaban J connectivity index is 1.27. The van der Waals surface area contributed by atoms with Crippen molar-refractivity contribution in [2.45, 2.75) is 24.4 Å². The van der Waals surface area contributed by atoms with Crippen LogP contribution < -0.4 is 10.6 Å². The number of hydrogen-bond donors (Lipinski definition) is 2. The number of fused-ring (bicyclic) bond motifs is 2. The molecule has 1 aliphatic rings. The first-order valence-electron chi connectivity index (χ1n) is 17.6. The van der Waals surface area contributed by atoms with Gasteiger partial charge in [0.1, 0.15) is 16.9 Å². The van der Waals surface area contributed by atoms with Crippen LogP contribution in [0.2, 0.25) is 0 Å². The molecule has 0 aliphatic carbocycles. The third kappa shape index (κ3) is 6.51. The smallest absolute Gasteiger partial charge is 0.266 e. The van der Waals surface area contributed by atoms with Crippen LogP contribution in [0.3, 0.4) is 0 Å². The van der Waals surface area contributed by atoms with Crippen molar-refractivity contribution in [3.8, 4) is 11.3 Å². The van der Waals surface area contributed by atoms with Gasteiger partial charge in [0.05, 0.1) is 23.8 Å². The highest BCUT2D eigenvalue weighted by Crippen LogP contribution is 2.45. The van der Waals surface area contributed by atoms with Crippen LogP contribution in [0.5, 0.6) is 0 Å². The van der Waals surface area contributed by atoms with Gasteiger partial charge in [-0.25, -0.2) is 18.5 Å². The van der Waals surface area contributed by atoms with E-state index in [-0.39, 0.29) is 12.5 Å². The van der Waals surface area contributed by atoms with Crippen LogP contribution in [-0.2, 0) is 16.8 Å². The van der Waals surface area contributed by atoms with Gasteiger partial charge in [0.15, 0.2) is 0 Å². The van der Waals surface area contributed by atoms with Gasteiger partial charge in [0.2, 0.25) is 0 Å². The number of nitrogens with zero attached hydrogens (tertiary/aromatic N) is 4. The van der Waals surface area contributed by atoms with E-state index in [1.54, 1.807) is 12.4 Å². The minimum atomic E-state index is -2.50. The van der Waals surface area contributed by atoms with Crippen molar-refractivity contribution in [1.82, 2.24) is 25.4 Å². The molecule has 1 atom stereocenters. The van der Waals surface area contributed by atoms with E-state index in [0.29, 0.717) is 17.8 Å². The number of aliphatic imine (C=N–C) groups is 1. The predicted octanol–water partition coefficient (Wildman–Crippen LogP) is 8.28. The SMILES string of the molecule is O=C(N[C@H](CNCC(F)F)c1ccccc1)C1=Nc2cc3c(-c4ccncc4)nn(C(c4ccccc4)(c4ccccc4)c4ccccc4)c3cc2C1. The summed E-state index contributed by atoms with van der Waals surface area (Å²) < 4.78 is 28.1. The van der Waals surface area contributed by atoms with Crippen molar-refractivity contribution < 1.29 is 13.6 Å². The Kier molecular flexibility index (Phi) is 9.40. The number of rotatable bonds is 12. The Morgan fingerprint density at radius 1 is 0.736 bits per heavy atom. The Labute approximate surface area is 306 Å². The molecule has 262 valence electrons. The molecule has 1 amide bonds. The lowest BCUT2D eigenvalue weighted by Crippen LogP contribution is -2.40. The number of halogens is 2. The van der Waals surface area contributed by atoms with Gasteiger partial charge in [0, 0.05) is 36.3 Å². The van der Waals surface area contributed by atoms with Gasteiger partial charge >= 0.3 is 0 Å². The van der Waals surface area contributed by atoms with Crippen molar-refractivity contribution in [3.63, 3.8) is 0 Å². The second-order valence-corrected chi connectivity index (χ2v) is 13.0. The molecule has 0 fully saturated rings. The molecule has 0 radical (unpaired) electrons. The van der Waals surface area contributed by atoms with Crippen LogP contribution in [-0.4, -0.2) is 45.9 Å². The highest BCUT2D eigenvalue weighted by atomic mass is 19.3. The molecule has 7 aromatic rings. The first-order valence-corrected chi connectivity index (χ1v) is 17.6. The number of pyridine rings is 1. The van der Waals surface area contributed by atoms with Crippen LogP contribution in [0.15, 0.2) is 163 Å². The normalized spacial score (nSPS) is 13.2. The van der Waals surface area contributed by atoms with Crippen molar-refractivity contribution in [2.75, 3.05) is 13.1 Å². The summed E-state index contributed by atoms with van der Waals surface area (Å²) in [4.78, 5) is 23.0. The van der Waals surface area contributed by atoms with E-state index in [1.165, 1.54) is 0 Å². The highest BCUT2D eigenvalue weighted by molar-refractivity contribution is 6.41. The molecule has 9 heteroatoms. The lowest BCUT2D eigenvalue weighted by atomic mass is 9.77. The number of carbonyl (C=O) groups is 1. The largest absolute Gasteiger partial charge is 0.343 e. The molecule has 0 saturated heterocycles. The fourth-order valence-corrected chi connectivity index (χ4v) is 7.33. The van der Waals surface area contributed by atoms with Gasteiger partial charge in [0.25, 0.3) is 12.3 Å². The summed E-state index contributed by atoms with van der Waals surface area (Å²) in [7, 11) is 0. The van der Waals surface area contributed by atoms with Gasteiger partial charge in [-0.3, -0.25) is 9.78 Å². The summed E-state index contributed by atoms with van der Waals surface area (Å²) >= 11 is 0. The molecule has 8 rings (SSSR count). The Morgan fingerprint density at radius 2 is 1.30 bits per heavy atom. The first-order chi connectivity index (χ1) is 26.0. The van der Waals surface area contributed by atoms with E-state index in [2.05, 4.69) is 62.8 Å². The average molecular weight is 703 g/mol. The fraction of sp³-hybridized carbons (Fsp3) is 0.136. The monoisotopic (exact) mass is 702 g/mol. The second-order valence-electron chi connectivity index (χ2n) is 13.0. The van der Waals surface area contributed by atoms with E-state index in [1.807, 2.05) is 103 Å². The summed E-state index contributed by atoms with van der Waals surface area (Å²) in [6.45, 7) is -0.318. The number of carbonyl (C=O) groups excluding carboxylic acids is 1. The molecule has 0 unspecified atom stereocenters. The third-order valence-electron chi connectivity index (χ3n) is 9.76. The second kappa shape index (κ2) is 14.7. The molecule has 2 aromatic heterocycles. The molecular formula is C44H36F2N6O. The zero-order valence-corrected chi connectivity index (χ0v) is 28.7. The lowest BCUT2D eigenvalue weighted by molar-refractivity contribution is -0.115. The topological polar surface area (TPSA) is 84.2 Å². The highest BCUT2D eigenvalue weighted by Gasteiger charge is 2.41. The van der Waals surface area contributed by atoms with E-state index < -0.39 is 24.6 Å². The average Bonchev–Trinajstić information content (AvgIpc) is 3.80. The van der Waals surface area contributed by atoms with E-state index in [4.69, 9.17) is 10.1 Å². The first kappa shape index (κ1) is 33.8. The van der Waals surface area contributed by atoms with Crippen molar-refractivity contribution in [3.05, 3.63) is 186 Å². The van der Waals surface area contributed by atoms with Crippen molar-refractivity contribution in [2.24, 2.45) is 4.99 Å². The number of nitrogens with one attached hydrogen (secondary N) is 2. The number of alkyl halides is 2. The third-order valence-corrected chi connectivity index (χ3v) is 9.76. The summed E-state index contributed by atoms with van der Waals surface area (Å²) in [6, 6.07) is 48.0. The molecule has 3 heterocycles. The zero-order valence-electron chi connectivity index (χ0n) is 28.7. The summed E-state index contributed by atoms with van der Waals surface area (Å²) in [5.74, 6) is -0.346. The molecule has 53 heavy (non-hydrogen) atoms. The molecule has 0 saturated carbocycles. The van der Waals surface area contributed by atoms with Crippen molar-refractivity contribution >= 4 is 28.2 Å². The van der Waals surface area contributed by atoms with Gasteiger partial charge in [-0.2, -0.15) is 5.10 Å². The van der Waals surface area contributed by atoms with E-state index in [0.717, 1.165) is 50.0 Å². The summed E-state index contributed by atoms with van der Waals surface area (Å²) in [5.41, 5.74) is 7.51. The molecule has 0 spiro atoms. The van der Waals surface area contributed by atoms with Gasteiger partial charge in [-0.05, 0) is 52.1 Å². The molecule has 7 nitrogen and oxygen atoms in total. The Bertz CT molecular complexity index is 2270. The summed E-state index contributed by atoms with van der Waals surface area (Å²) in [5, 5.41) is 12.2. The quantitative estimate of drug-likeness (QED) is 0.126. The standard InChI is InChI=1S/C44H36F2N6O/c45-41(46)29-48-28-39(30-13-5-1-6-14-30)50-43(53)38-25-32-26-40-36(27-37(32)49-38)42(31-21-23-47-24-22-31)51-52(40)44(33-15-7-2-8-16-33,34-17-9-3-10-18-34)35-19-11-4-12-20-35/h1-24,26-27,39,41,48H,25,28-29H2,(H,50,53)/t39-/m1/s1. The van der Waals surface area contributed by atoms with Crippen LogP contribution in [0, 0.1) is 0 Å². The minimum absolute atomic E-state index is 0.149. The summed E-state index contributed by atoms with van der Waals surface area (Å²) in [6.07, 6.45) is 1.31. The van der Waals surface area contributed by atoms with Crippen LogP contribution in [0.25, 0.3) is 22.2 Å². The van der Waals surface area contributed by atoms with E-state index in [9.17, 15) is 13.6 Å². The van der Waals surface area contributed by atoms with Gasteiger partial charge in [-0.15, -0.1) is 0 Å². The number of aromatic nitrogens is 3. The maximum absolute atomic E-state index is 13.9. The zero-order chi connectivity index (χ0) is 36.2. The molecular weight excluding hydrogens is 667 g/mol. The maximum Gasteiger partial charge on any atom is 0.266 e. The van der Waals surface area contributed by atoms with Gasteiger partial charge < -0.3 is 10.6 Å². The Morgan fingerprint density at radius 3 is 1.87 bits per heavy atom. The maximum atomic E-state index is 13.9. The molecule has 1 aliphatic heterocycles. The fourth-order valence-electron chi connectivity index (χ4n) is 7.33.